The molecule has 0 radical (unpaired) electrons. The fourth-order valence-corrected chi connectivity index (χ4v) is 3.15. The van der Waals surface area contributed by atoms with Crippen LogP contribution in [0.15, 0.2) is 42.5 Å². The number of anilines is 2. The largest absolute Gasteiger partial charge is 0.324 e. The fourth-order valence-electron chi connectivity index (χ4n) is 3.15. The van der Waals surface area contributed by atoms with Crippen LogP contribution in [-0.2, 0) is 16.0 Å². The zero-order chi connectivity index (χ0) is 16.6. The van der Waals surface area contributed by atoms with Crippen molar-refractivity contribution in [3.05, 3.63) is 59.2 Å². The summed E-state index contributed by atoms with van der Waals surface area (Å²) in [6.07, 6.45) is 0.548. The van der Waals surface area contributed by atoms with Crippen LogP contribution < -0.4 is 10.2 Å². The zero-order valence-corrected chi connectivity index (χ0v) is 13.6. The maximum Gasteiger partial charge on any atom is 0.247 e. The van der Waals surface area contributed by atoms with Gasteiger partial charge in [-0.05, 0) is 37.1 Å². The Hall–Kier alpha value is -2.62. The van der Waals surface area contributed by atoms with Crippen LogP contribution >= 0.6 is 0 Å². The molecule has 118 valence electrons. The van der Waals surface area contributed by atoms with Crippen LogP contribution in [0.25, 0.3) is 0 Å². The lowest BCUT2D eigenvalue weighted by atomic mass is 10.1. The molecule has 2 aromatic rings. The van der Waals surface area contributed by atoms with E-state index in [0.717, 1.165) is 28.1 Å². The molecule has 1 heterocycles. The summed E-state index contributed by atoms with van der Waals surface area (Å²) in [5.74, 6) is -0.265. The summed E-state index contributed by atoms with van der Waals surface area (Å²) in [5, 5.41) is 2.97. The van der Waals surface area contributed by atoms with Crippen molar-refractivity contribution in [3.63, 3.8) is 0 Å². The van der Waals surface area contributed by atoms with E-state index in [4.69, 9.17) is 0 Å². The number of nitrogens with one attached hydrogen (secondary N) is 1. The highest BCUT2D eigenvalue weighted by Crippen LogP contribution is 2.32. The predicted octanol–water partition coefficient (Wildman–Crippen LogP) is 3.22. The number of rotatable bonds is 2. The Morgan fingerprint density at radius 3 is 2.57 bits per heavy atom. The van der Waals surface area contributed by atoms with E-state index in [-0.39, 0.29) is 11.8 Å². The lowest BCUT2D eigenvalue weighted by Crippen LogP contribution is -2.44. The predicted molar refractivity (Wildman–Crippen MR) is 91.6 cm³/mol. The molecule has 0 saturated carbocycles. The average Bonchev–Trinajstić information content (AvgIpc) is 2.89. The minimum absolute atomic E-state index is 0.115. The van der Waals surface area contributed by atoms with Crippen molar-refractivity contribution >= 4 is 23.2 Å². The van der Waals surface area contributed by atoms with Crippen molar-refractivity contribution in [2.45, 2.75) is 33.2 Å². The van der Waals surface area contributed by atoms with E-state index in [2.05, 4.69) is 5.32 Å². The van der Waals surface area contributed by atoms with Gasteiger partial charge in [0.2, 0.25) is 11.8 Å². The lowest BCUT2D eigenvalue weighted by Gasteiger charge is -2.23. The van der Waals surface area contributed by atoms with Gasteiger partial charge in [-0.25, -0.2) is 0 Å². The maximum atomic E-state index is 12.7. The number of aryl methyl sites for hydroxylation is 2. The van der Waals surface area contributed by atoms with Crippen LogP contribution in [0.1, 0.15) is 23.6 Å². The van der Waals surface area contributed by atoms with E-state index < -0.39 is 6.04 Å². The molecule has 0 bridgehead atoms. The van der Waals surface area contributed by atoms with Crippen LogP contribution in [0.4, 0.5) is 11.4 Å². The van der Waals surface area contributed by atoms with E-state index >= 15 is 0 Å². The Bertz CT molecular complexity index is 783. The molecule has 0 unspecified atom stereocenters. The van der Waals surface area contributed by atoms with Gasteiger partial charge < -0.3 is 5.32 Å². The summed E-state index contributed by atoms with van der Waals surface area (Å²) in [5.41, 5.74) is 4.83. The van der Waals surface area contributed by atoms with Crippen molar-refractivity contribution in [1.29, 1.82) is 0 Å². The Morgan fingerprint density at radius 1 is 1.13 bits per heavy atom. The molecule has 2 aromatic carbocycles. The number of amides is 2. The third kappa shape index (κ3) is 2.84. The van der Waals surface area contributed by atoms with Crippen LogP contribution in [0.2, 0.25) is 0 Å². The number of hydrogen-bond acceptors (Lipinski definition) is 2. The molecule has 4 heteroatoms. The fraction of sp³-hybridized carbons (Fsp3) is 0.263. The molecule has 1 aliphatic rings. The topological polar surface area (TPSA) is 49.4 Å². The van der Waals surface area contributed by atoms with Crippen LogP contribution in [-0.4, -0.2) is 17.9 Å². The summed E-state index contributed by atoms with van der Waals surface area (Å²) >= 11 is 0. The Kier molecular flexibility index (Phi) is 3.90. The second-order valence-electron chi connectivity index (χ2n) is 6.05. The Balaban J connectivity index is 1.86. The van der Waals surface area contributed by atoms with Gasteiger partial charge in [-0.1, -0.05) is 35.9 Å². The molecule has 3 rings (SSSR count). The summed E-state index contributed by atoms with van der Waals surface area (Å²) in [4.78, 5) is 26.4. The monoisotopic (exact) mass is 308 g/mol. The number of carbonyl (C=O) groups excluding carboxylic acids is 2. The first-order valence-corrected chi connectivity index (χ1v) is 7.73. The van der Waals surface area contributed by atoms with Gasteiger partial charge in [0.05, 0.1) is 0 Å². The van der Waals surface area contributed by atoms with Gasteiger partial charge >= 0.3 is 0 Å². The van der Waals surface area contributed by atoms with E-state index in [1.165, 1.54) is 6.92 Å². The Morgan fingerprint density at radius 2 is 1.87 bits per heavy atom. The van der Waals surface area contributed by atoms with E-state index in [1.54, 1.807) is 4.90 Å². The quantitative estimate of drug-likeness (QED) is 0.926. The minimum atomic E-state index is -0.495. The highest BCUT2D eigenvalue weighted by atomic mass is 16.2. The zero-order valence-electron chi connectivity index (χ0n) is 13.6. The molecule has 23 heavy (non-hydrogen) atoms. The smallest absolute Gasteiger partial charge is 0.247 e. The molecule has 0 saturated heterocycles. The van der Waals surface area contributed by atoms with Crippen molar-refractivity contribution in [2.75, 3.05) is 10.2 Å². The van der Waals surface area contributed by atoms with Crippen LogP contribution in [0.5, 0.6) is 0 Å². The maximum absolute atomic E-state index is 12.7. The van der Waals surface area contributed by atoms with Gasteiger partial charge in [0.1, 0.15) is 6.04 Å². The molecular formula is C19H20N2O2. The minimum Gasteiger partial charge on any atom is -0.324 e. The van der Waals surface area contributed by atoms with E-state index in [1.807, 2.05) is 56.3 Å². The van der Waals surface area contributed by atoms with Crippen molar-refractivity contribution < 1.29 is 9.59 Å². The molecule has 0 fully saturated rings. The summed E-state index contributed by atoms with van der Waals surface area (Å²) in [7, 11) is 0. The van der Waals surface area contributed by atoms with Crippen LogP contribution in [0, 0.1) is 13.8 Å². The molecule has 1 atom stereocenters. The first-order chi connectivity index (χ1) is 11.0. The van der Waals surface area contributed by atoms with Crippen molar-refractivity contribution in [2.24, 2.45) is 0 Å². The molecule has 4 nitrogen and oxygen atoms in total. The van der Waals surface area contributed by atoms with Gasteiger partial charge in [-0.2, -0.15) is 0 Å². The summed E-state index contributed by atoms with van der Waals surface area (Å²) in [6.45, 7) is 5.48. The first kappa shape index (κ1) is 15.3. The number of carbonyl (C=O) groups is 2. The van der Waals surface area contributed by atoms with E-state index in [9.17, 15) is 9.59 Å². The normalized spacial score (nSPS) is 16.1. The first-order valence-electron chi connectivity index (χ1n) is 7.73. The molecule has 0 aromatic heterocycles. The number of nitrogens with zero attached hydrogens (tertiary/aromatic N) is 1. The molecular weight excluding hydrogens is 288 g/mol. The summed E-state index contributed by atoms with van der Waals surface area (Å²) in [6, 6.07) is 13.1. The standard InChI is InChI=1S/C19H20N2O2/c1-12-8-9-16(13(2)10-12)20-19(23)18-11-15-6-4-5-7-17(15)21(18)14(3)22/h4-10,18H,11H2,1-3H3,(H,20,23)/t18-/m0/s1. The molecule has 1 aliphatic heterocycles. The lowest BCUT2D eigenvalue weighted by molar-refractivity contribution is -0.122. The second kappa shape index (κ2) is 5.88. The molecule has 2 amide bonds. The number of hydrogen-bond donors (Lipinski definition) is 1. The Labute approximate surface area is 136 Å². The SMILES string of the molecule is CC(=O)N1c2ccccc2C[C@H]1C(=O)Nc1ccc(C)cc1C. The van der Waals surface area contributed by atoms with Gasteiger partial charge in [0, 0.05) is 24.7 Å². The number of para-hydroxylation sites is 1. The highest BCUT2D eigenvalue weighted by Gasteiger charge is 2.36. The van der Waals surface area contributed by atoms with Crippen LogP contribution in [0.3, 0.4) is 0 Å². The molecule has 1 N–H and O–H groups in total. The van der Waals surface area contributed by atoms with Gasteiger partial charge in [-0.3, -0.25) is 14.5 Å². The third-order valence-electron chi connectivity index (χ3n) is 4.26. The summed E-state index contributed by atoms with van der Waals surface area (Å²) < 4.78 is 0. The highest BCUT2D eigenvalue weighted by molar-refractivity contribution is 6.06. The van der Waals surface area contributed by atoms with E-state index in [0.29, 0.717) is 6.42 Å². The number of fused-ring (bicyclic) bond motifs is 1. The van der Waals surface area contributed by atoms with Gasteiger partial charge in [0.15, 0.2) is 0 Å². The average molecular weight is 308 g/mol. The second-order valence-corrected chi connectivity index (χ2v) is 6.05. The van der Waals surface area contributed by atoms with Gasteiger partial charge in [0.25, 0.3) is 0 Å². The van der Waals surface area contributed by atoms with Gasteiger partial charge in [-0.15, -0.1) is 0 Å². The third-order valence-corrected chi connectivity index (χ3v) is 4.26. The molecule has 0 spiro atoms. The van der Waals surface area contributed by atoms with Crippen molar-refractivity contribution in [3.8, 4) is 0 Å². The molecule has 0 aliphatic carbocycles. The number of benzene rings is 2. The van der Waals surface area contributed by atoms with Crippen molar-refractivity contribution in [1.82, 2.24) is 0 Å².